The molecule has 0 aliphatic heterocycles. The molecule has 2 heterocycles. The zero-order valence-corrected chi connectivity index (χ0v) is 16.0. The largest absolute Gasteiger partial charge is 0.330 e. The number of nitrogens with zero attached hydrogens (tertiary/aromatic N) is 4. The van der Waals surface area contributed by atoms with Crippen LogP contribution in [0.3, 0.4) is 0 Å². The molecule has 0 spiro atoms. The van der Waals surface area contributed by atoms with E-state index in [0.717, 1.165) is 5.69 Å². The van der Waals surface area contributed by atoms with Crippen molar-refractivity contribution in [3.63, 3.8) is 0 Å². The number of hydrogen-bond acceptors (Lipinski definition) is 4. The number of halogens is 2. The van der Waals surface area contributed by atoms with Crippen molar-refractivity contribution < 1.29 is 0 Å². The fraction of sp³-hybridized carbons (Fsp3) is 0.0588. The molecule has 3 rings (SSSR count). The molecule has 0 saturated heterocycles. The third kappa shape index (κ3) is 4.19. The second-order valence-corrected chi connectivity index (χ2v) is 6.39. The molecule has 0 aliphatic carbocycles. The van der Waals surface area contributed by atoms with Crippen molar-refractivity contribution in [3.05, 3.63) is 70.2 Å². The van der Waals surface area contributed by atoms with Crippen molar-refractivity contribution in [1.82, 2.24) is 20.2 Å². The van der Waals surface area contributed by atoms with Gasteiger partial charge in [0.15, 0.2) is 5.11 Å². The maximum Gasteiger partial charge on any atom is 0.191 e. The average Bonchev–Trinajstić information content (AvgIpc) is 2.91. The first-order valence-corrected chi connectivity index (χ1v) is 8.73. The molecule has 26 heavy (non-hydrogen) atoms. The van der Waals surface area contributed by atoms with Crippen molar-refractivity contribution in [2.24, 2.45) is 5.10 Å². The number of aryl methyl sites for hydroxylation is 1. The molecular formula is C17H14Cl2N6S. The smallest absolute Gasteiger partial charge is 0.191 e. The zero-order chi connectivity index (χ0) is 18.5. The van der Waals surface area contributed by atoms with Gasteiger partial charge >= 0.3 is 0 Å². The maximum absolute atomic E-state index is 6.45. The van der Waals surface area contributed by atoms with Gasteiger partial charge in [0.05, 0.1) is 40.1 Å². The summed E-state index contributed by atoms with van der Waals surface area (Å²) in [4.78, 5) is 4.00. The first-order valence-electron chi connectivity index (χ1n) is 7.56. The molecule has 3 aromatic rings. The first-order chi connectivity index (χ1) is 12.6. The summed E-state index contributed by atoms with van der Waals surface area (Å²) in [6, 6.07) is 11.0. The minimum absolute atomic E-state index is 0.335. The SMILES string of the molecule is Cc1nn(-c2ccccc2Cl)c(Cl)c1/C=N/NC(=S)Nc1cccnc1. The fourth-order valence-corrected chi connectivity index (χ4v) is 2.89. The van der Waals surface area contributed by atoms with Gasteiger partial charge in [-0.3, -0.25) is 10.4 Å². The second kappa shape index (κ2) is 8.27. The Morgan fingerprint density at radius 1 is 1.23 bits per heavy atom. The average molecular weight is 405 g/mol. The Balaban J connectivity index is 1.73. The van der Waals surface area contributed by atoms with Crippen molar-refractivity contribution in [3.8, 4) is 5.69 Å². The van der Waals surface area contributed by atoms with Gasteiger partial charge < -0.3 is 5.32 Å². The van der Waals surface area contributed by atoms with Crippen LogP contribution in [0.25, 0.3) is 5.69 Å². The monoisotopic (exact) mass is 404 g/mol. The highest BCUT2D eigenvalue weighted by Crippen LogP contribution is 2.26. The van der Waals surface area contributed by atoms with Crippen molar-refractivity contribution in [2.75, 3.05) is 5.32 Å². The van der Waals surface area contributed by atoms with Crippen molar-refractivity contribution in [2.45, 2.75) is 6.92 Å². The van der Waals surface area contributed by atoms with Crippen molar-refractivity contribution in [1.29, 1.82) is 0 Å². The van der Waals surface area contributed by atoms with Crippen LogP contribution in [0.5, 0.6) is 0 Å². The summed E-state index contributed by atoms with van der Waals surface area (Å²) in [6.07, 6.45) is 4.91. The first kappa shape index (κ1) is 18.3. The van der Waals surface area contributed by atoms with Crippen LogP contribution in [0, 0.1) is 6.92 Å². The lowest BCUT2D eigenvalue weighted by atomic mass is 10.3. The summed E-state index contributed by atoms with van der Waals surface area (Å²) in [5, 5.41) is 12.8. The molecule has 2 N–H and O–H groups in total. The molecular weight excluding hydrogens is 391 g/mol. The van der Waals surface area contributed by atoms with Gasteiger partial charge in [-0.1, -0.05) is 35.3 Å². The van der Waals surface area contributed by atoms with Crippen LogP contribution in [-0.4, -0.2) is 26.1 Å². The highest BCUT2D eigenvalue weighted by atomic mass is 35.5. The number of nitrogens with one attached hydrogen (secondary N) is 2. The predicted molar refractivity (Wildman–Crippen MR) is 110 cm³/mol. The van der Waals surface area contributed by atoms with E-state index < -0.39 is 0 Å². The molecule has 1 aromatic carbocycles. The third-order valence-corrected chi connectivity index (χ3v) is 4.28. The number of thiocarbonyl (C=S) groups is 1. The fourth-order valence-electron chi connectivity index (χ4n) is 2.19. The Hall–Kier alpha value is -2.48. The summed E-state index contributed by atoms with van der Waals surface area (Å²) in [5.74, 6) is 0. The minimum Gasteiger partial charge on any atom is -0.330 e. The van der Waals surface area contributed by atoms with E-state index in [1.807, 2.05) is 31.2 Å². The van der Waals surface area contributed by atoms with E-state index in [1.54, 1.807) is 35.4 Å². The second-order valence-electron chi connectivity index (χ2n) is 5.22. The lowest BCUT2D eigenvalue weighted by Gasteiger charge is -2.06. The van der Waals surface area contributed by atoms with E-state index in [9.17, 15) is 0 Å². The number of anilines is 1. The van der Waals surface area contributed by atoms with Crippen LogP contribution in [0.15, 0.2) is 53.9 Å². The summed E-state index contributed by atoms with van der Waals surface area (Å²) < 4.78 is 1.58. The van der Waals surface area contributed by atoms with E-state index in [-0.39, 0.29) is 0 Å². The topological polar surface area (TPSA) is 67.1 Å². The maximum atomic E-state index is 6.45. The number of benzene rings is 1. The molecule has 132 valence electrons. The molecule has 0 atom stereocenters. The number of rotatable bonds is 4. The molecule has 0 fully saturated rings. The van der Waals surface area contributed by atoms with Crippen LogP contribution in [-0.2, 0) is 0 Å². The molecule has 0 unspecified atom stereocenters. The lowest BCUT2D eigenvalue weighted by molar-refractivity contribution is 0.863. The summed E-state index contributed by atoms with van der Waals surface area (Å²) >= 11 is 17.8. The van der Waals surface area contributed by atoms with Crippen LogP contribution >= 0.6 is 35.4 Å². The van der Waals surface area contributed by atoms with Gasteiger partial charge in [0.2, 0.25) is 0 Å². The van der Waals surface area contributed by atoms with E-state index >= 15 is 0 Å². The number of pyridine rings is 1. The molecule has 2 aromatic heterocycles. The Labute approximate surface area is 165 Å². The van der Waals surface area contributed by atoms with Gasteiger partial charge in [-0.05, 0) is 43.4 Å². The minimum atomic E-state index is 0.335. The standard InChI is InChI=1S/C17H14Cl2N6S/c1-11-13(10-21-23-17(26)22-12-5-4-8-20-9-12)16(19)25(24-11)15-7-3-2-6-14(15)18/h2-10H,1H3,(H2,22,23,26)/b21-10+. The van der Waals surface area contributed by atoms with Crippen LogP contribution in [0.2, 0.25) is 10.2 Å². The molecule has 0 amide bonds. The molecule has 0 saturated carbocycles. The predicted octanol–water partition coefficient (Wildman–Crippen LogP) is 4.20. The van der Waals surface area contributed by atoms with E-state index in [1.165, 1.54) is 0 Å². The summed E-state index contributed by atoms with van der Waals surface area (Å²) in [5.41, 5.74) is 5.58. The summed E-state index contributed by atoms with van der Waals surface area (Å²) in [7, 11) is 0. The molecule has 0 bridgehead atoms. The Bertz CT molecular complexity index is 955. The van der Waals surface area contributed by atoms with Crippen LogP contribution in [0.4, 0.5) is 5.69 Å². The van der Waals surface area contributed by atoms with Gasteiger partial charge in [-0.2, -0.15) is 10.2 Å². The van der Waals surface area contributed by atoms with E-state index in [0.29, 0.717) is 32.2 Å². The van der Waals surface area contributed by atoms with Gasteiger partial charge in [-0.15, -0.1) is 0 Å². The number of hydrogen-bond donors (Lipinski definition) is 2. The van der Waals surface area contributed by atoms with Crippen LogP contribution < -0.4 is 10.7 Å². The summed E-state index contributed by atoms with van der Waals surface area (Å²) in [6.45, 7) is 1.84. The number of para-hydroxylation sites is 1. The lowest BCUT2D eigenvalue weighted by Crippen LogP contribution is -2.23. The van der Waals surface area contributed by atoms with Gasteiger partial charge in [0, 0.05) is 6.20 Å². The molecule has 0 radical (unpaired) electrons. The normalized spacial score (nSPS) is 10.9. The Morgan fingerprint density at radius 3 is 2.77 bits per heavy atom. The van der Waals surface area contributed by atoms with E-state index in [2.05, 4.69) is 25.9 Å². The highest BCUT2D eigenvalue weighted by molar-refractivity contribution is 7.80. The van der Waals surface area contributed by atoms with Gasteiger partial charge in [-0.25, -0.2) is 4.68 Å². The quantitative estimate of drug-likeness (QED) is 0.387. The highest BCUT2D eigenvalue weighted by Gasteiger charge is 2.14. The Kier molecular flexibility index (Phi) is 5.82. The zero-order valence-electron chi connectivity index (χ0n) is 13.6. The van der Waals surface area contributed by atoms with E-state index in [4.69, 9.17) is 35.4 Å². The molecule has 0 aliphatic rings. The number of hydrazone groups is 1. The molecule has 9 heteroatoms. The Morgan fingerprint density at radius 2 is 2.04 bits per heavy atom. The molecule has 6 nitrogen and oxygen atoms in total. The van der Waals surface area contributed by atoms with Gasteiger partial charge in [0.25, 0.3) is 0 Å². The van der Waals surface area contributed by atoms with Crippen molar-refractivity contribution >= 4 is 52.4 Å². The third-order valence-electron chi connectivity index (χ3n) is 3.41. The number of aromatic nitrogens is 3. The van der Waals surface area contributed by atoms with Crippen LogP contribution in [0.1, 0.15) is 11.3 Å². The van der Waals surface area contributed by atoms with Gasteiger partial charge in [0.1, 0.15) is 5.15 Å².